The monoisotopic (exact) mass is 386 g/mol. The highest BCUT2D eigenvalue weighted by Crippen LogP contribution is 2.53. The van der Waals surface area contributed by atoms with E-state index in [0.717, 1.165) is 23.3 Å². The summed E-state index contributed by atoms with van der Waals surface area (Å²) in [6.07, 6.45) is 0.979. The number of benzene rings is 4. The first-order chi connectivity index (χ1) is 14.9. The number of aromatic nitrogens is 2. The van der Waals surface area contributed by atoms with E-state index in [2.05, 4.69) is 115 Å². The van der Waals surface area contributed by atoms with Gasteiger partial charge in [-0.15, -0.1) is 0 Å². The molecule has 0 saturated heterocycles. The molecule has 0 fully saturated rings. The van der Waals surface area contributed by atoms with Crippen LogP contribution in [0.5, 0.6) is 0 Å². The molecular weight excluding hydrogens is 364 g/mol. The van der Waals surface area contributed by atoms with Crippen molar-refractivity contribution in [2.24, 2.45) is 0 Å². The molecule has 0 saturated carbocycles. The molecule has 4 aromatic carbocycles. The second kappa shape index (κ2) is 6.43. The number of hydrogen-bond acceptors (Lipinski definition) is 1. The normalized spacial score (nSPS) is 17.1. The van der Waals surface area contributed by atoms with Gasteiger partial charge in [0.15, 0.2) is 0 Å². The fraction of sp³-hybridized carbons (Fsp3) is 0.107. The number of nitrogens with zero attached hydrogens (tertiary/aromatic N) is 2. The summed E-state index contributed by atoms with van der Waals surface area (Å²) in [7, 11) is 0. The molecule has 0 N–H and O–H groups in total. The van der Waals surface area contributed by atoms with Crippen LogP contribution in [-0.4, -0.2) is 9.55 Å². The molecule has 6 rings (SSSR count). The molecule has 144 valence electrons. The quantitative estimate of drug-likeness (QED) is 0.350. The van der Waals surface area contributed by atoms with Crippen LogP contribution in [0.3, 0.4) is 0 Å². The molecule has 0 bridgehead atoms. The van der Waals surface area contributed by atoms with Crippen molar-refractivity contribution in [3.8, 4) is 5.69 Å². The van der Waals surface area contributed by atoms with Gasteiger partial charge in [-0.3, -0.25) is 4.57 Å². The van der Waals surface area contributed by atoms with E-state index in [9.17, 15) is 0 Å². The molecule has 1 atom stereocenters. The Hall–Kier alpha value is -3.65. The van der Waals surface area contributed by atoms with E-state index in [0.29, 0.717) is 0 Å². The lowest BCUT2D eigenvalue weighted by atomic mass is 9.68. The summed E-state index contributed by atoms with van der Waals surface area (Å²) in [5.41, 5.74) is 8.21. The van der Waals surface area contributed by atoms with E-state index in [1.165, 1.54) is 27.9 Å². The van der Waals surface area contributed by atoms with Crippen LogP contribution >= 0.6 is 0 Å². The predicted molar refractivity (Wildman–Crippen MR) is 122 cm³/mol. The summed E-state index contributed by atoms with van der Waals surface area (Å²) in [5.74, 6) is 1.08. The summed E-state index contributed by atoms with van der Waals surface area (Å²) < 4.78 is 2.37. The first-order valence-electron chi connectivity index (χ1n) is 10.6. The zero-order chi connectivity index (χ0) is 20.1. The molecule has 1 aliphatic heterocycles. The van der Waals surface area contributed by atoms with E-state index in [4.69, 9.17) is 4.98 Å². The fourth-order valence-corrected chi connectivity index (χ4v) is 5.22. The maximum absolute atomic E-state index is 5.25. The van der Waals surface area contributed by atoms with E-state index >= 15 is 0 Å². The largest absolute Gasteiger partial charge is 0.295 e. The fourth-order valence-electron chi connectivity index (χ4n) is 5.22. The minimum Gasteiger partial charge on any atom is -0.295 e. The lowest BCUT2D eigenvalue weighted by Gasteiger charge is -2.32. The van der Waals surface area contributed by atoms with Crippen LogP contribution in [0.4, 0.5) is 0 Å². The molecular formula is C28H22N2. The Balaban J connectivity index is 1.86. The van der Waals surface area contributed by atoms with Gasteiger partial charge < -0.3 is 0 Å². The maximum atomic E-state index is 5.25. The van der Waals surface area contributed by atoms with E-state index < -0.39 is 5.41 Å². The molecule has 0 spiro atoms. The topological polar surface area (TPSA) is 17.8 Å². The molecule has 0 aliphatic carbocycles. The van der Waals surface area contributed by atoms with Gasteiger partial charge in [0.1, 0.15) is 11.2 Å². The van der Waals surface area contributed by atoms with Crippen LogP contribution in [0.2, 0.25) is 0 Å². The predicted octanol–water partition coefficient (Wildman–Crippen LogP) is 6.28. The standard InChI is InChI=1S/C28H22N2/c1-2-20-12-6-7-15-22(20)28(21-13-4-3-5-14-21)23-16-8-10-18-25(23)30-26-19-11-9-17-24(26)29-27(28)30/h3-19H,2H2,1H3. The van der Waals surface area contributed by atoms with Gasteiger partial charge in [-0.1, -0.05) is 91.9 Å². The van der Waals surface area contributed by atoms with Crippen LogP contribution < -0.4 is 0 Å². The van der Waals surface area contributed by atoms with Crippen LogP contribution in [0.25, 0.3) is 16.7 Å². The summed E-state index contributed by atoms with van der Waals surface area (Å²) in [5, 5.41) is 0. The van der Waals surface area contributed by atoms with E-state index in [1.54, 1.807) is 0 Å². The molecule has 2 heteroatoms. The summed E-state index contributed by atoms with van der Waals surface area (Å²) in [6.45, 7) is 2.24. The Labute approximate surface area is 176 Å². The van der Waals surface area contributed by atoms with Gasteiger partial charge in [0.05, 0.1) is 16.7 Å². The Morgan fingerprint density at radius 1 is 0.700 bits per heavy atom. The molecule has 2 nitrogen and oxygen atoms in total. The zero-order valence-electron chi connectivity index (χ0n) is 16.9. The third-order valence-electron chi connectivity index (χ3n) is 6.45. The molecule has 1 unspecified atom stereocenters. The van der Waals surface area contributed by atoms with Gasteiger partial charge >= 0.3 is 0 Å². The molecule has 0 radical (unpaired) electrons. The highest BCUT2D eigenvalue weighted by Gasteiger charge is 2.49. The van der Waals surface area contributed by atoms with Crippen molar-refractivity contribution in [1.29, 1.82) is 0 Å². The SMILES string of the molecule is CCc1ccccc1C1(c2ccccc2)c2ccccc2-n2c1nc1ccccc12. The van der Waals surface area contributed by atoms with Gasteiger partial charge in [-0.25, -0.2) is 4.98 Å². The van der Waals surface area contributed by atoms with Gasteiger partial charge in [0, 0.05) is 0 Å². The van der Waals surface area contributed by atoms with E-state index in [1.807, 2.05) is 0 Å². The number of imidazole rings is 1. The van der Waals surface area contributed by atoms with Crippen LogP contribution in [-0.2, 0) is 11.8 Å². The number of hydrogen-bond donors (Lipinski definition) is 0. The summed E-state index contributed by atoms with van der Waals surface area (Å²) >= 11 is 0. The van der Waals surface area contributed by atoms with Gasteiger partial charge in [0.2, 0.25) is 0 Å². The maximum Gasteiger partial charge on any atom is 0.134 e. The molecule has 5 aromatic rings. The van der Waals surface area contributed by atoms with Crippen molar-refractivity contribution in [2.75, 3.05) is 0 Å². The third kappa shape index (κ3) is 2.11. The third-order valence-corrected chi connectivity index (χ3v) is 6.45. The first kappa shape index (κ1) is 17.2. The Morgan fingerprint density at radius 2 is 1.37 bits per heavy atom. The molecule has 30 heavy (non-hydrogen) atoms. The molecule has 1 aromatic heterocycles. The van der Waals surface area contributed by atoms with Crippen LogP contribution in [0, 0.1) is 0 Å². The number of aryl methyl sites for hydroxylation is 1. The van der Waals surface area contributed by atoms with E-state index in [-0.39, 0.29) is 0 Å². The lowest BCUT2D eigenvalue weighted by Crippen LogP contribution is -2.31. The van der Waals surface area contributed by atoms with Crippen molar-refractivity contribution in [3.05, 3.63) is 131 Å². The smallest absolute Gasteiger partial charge is 0.134 e. The first-order valence-corrected chi connectivity index (χ1v) is 10.6. The summed E-state index contributed by atoms with van der Waals surface area (Å²) in [4.78, 5) is 5.25. The van der Waals surface area contributed by atoms with Crippen molar-refractivity contribution < 1.29 is 0 Å². The average Bonchev–Trinajstić information content (AvgIpc) is 3.33. The minimum absolute atomic E-state index is 0.441. The van der Waals surface area contributed by atoms with Crippen molar-refractivity contribution in [1.82, 2.24) is 9.55 Å². The average molecular weight is 386 g/mol. The zero-order valence-corrected chi connectivity index (χ0v) is 16.9. The Morgan fingerprint density at radius 3 is 2.20 bits per heavy atom. The summed E-state index contributed by atoms with van der Waals surface area (Å²) in [6, 6.07) is 37.0. The second-order valence-corrected chi connectivity index (χ2v) is 7.90. The molecule has 2 heterocycles. The lowest BCUT2D eigenvalue weighted by molar-refractivity contribution is 0.707. The number of fused-ring (bicyclic) bond motifs is 5. The van der Waals surface area contributed by atoms with Crippen molar-refractivity contribution in [2.45, 2.75) is 18.8 Å². The molecule has 0 amide bonds. The minimum atomic E-state index is -0.441. The molecule has 1 aliphatic rings. The number of rotatable bonds is 3. The van der Waals surface area contributed by atoms with Gasteiger partial charge in [-0.2, -0.15) is 0 Å². The highest BCUT2D eigenvalue weighted by molar-refractivity contribution is 5.83. The van der Waals surface area contributed by atoms with Gasteiger partial charge in [-0.05, 0) is 46.9 Å². The van der Waals surface area contributed by atoms with Gasteiger partial charge in [0.25, 0.3) is 0 Å². The second-order valence-electron chi connectivity index (χ2n) is 7.90. The van der Waals surface area contributed by atoms with Crippen LogP contribution in [0.15, 0.2) is 103 Å². The van der Waals surface area contributed by atoms with Crippen LogP contribution in [0.1, 0.15) is 35.0 Å². The highest BCUT2D eigenvalue weighted by atomic mass is 15.1. The Kier molecular flexibility index (Phi) is 3.69. The van der Waals surface area contributed by atoms with Crippen molar-refractivity contribution >= 4 is 11.0 Å². The Bertz CT molecular complexity index is 1380. The van der Waals surface area contributed by atoms with Crippen molar-refractivity contribution in [3.63, 3.8) is 0 Å². The number of para-hydroxylation sites is 3.